The Labute approximate surface area is 215 Å². The molecule has 0 aliphatic rings. The summed E-state index contributed by atoms with van der Waals surface area (Å²) in [4.78, 5) is 15.3. The molecule has 1 atom stereocenters. The monoisotopic (exact) mass is 505 g/mol. The van der Waals surface area contributed by atoms with Crippen LogP contribution in [-0.4, -0.2) is 38.7 Å². The normalized spacial score (nSPS) is 12.7. The van der Waals surface area contributed by atoms with Gasteiger partial charge in [-0.25, -0.2) is 9.97 Å². The lowest BCUT2D eigenvalue weighted by atomic mass is 9.83. The van der Waals surface area contributed by atoms with E-state index in [1.54, 1.807) is 24.9 Å². The number of imidazole rings is 1. The van der Waals surface area contributed by atoms with Crippen LogP contribution in [0.25, 0.3) is 22.0 Å². The topological polar surface area (TPSA) is 67.1 Å². The summed E-state index contributed by atoms with van der Waals surface area (Å²) in [5.74, 6) is 0.785. The Morgan fingerprint density at radius 3 is 2.29 bits per heavy atom. The van der Waals surface area contributed by atoms with Crippen LogP contribution in [0.15, 0.2) is 85.6 Å². The van der Waals surface area contributed by atoms with Crippen LogP contribution in [0.3, 0.4) is 0 Å². The van der Waals surface area contributed by atoms with Gasteiger partial charge in [0.25, 0.3) is 0 Å². The average molecular weight is 506 g/mol. The molecule has 0 saturated heterocycles. The van der Waals surface area contributed by atoms with Crippen LogP contribution in [0.2, 0.25) is 5.02 Å². The molecule has 6 nitrogen and oxygen atoms in total. The Bertz CT molecular complexity index is 1470. The van der Waals surface area contributed by atoms with Gasteiger partial charge in [-0.05, 0) is 41.0 Å². The van der Waals surface area contributed by atoms with E-state index in [4.69, 9.17) is 16.6 Å². The van der Waals surface area contributed by atoms with Crippen LogP contribution < -0.4 is 4.90 Å². The van der Waals surface area contributed by atoms with Crippen molar-refractivity contribution in [3.8, 4) is 11.1 Å². The highest BCUT2D eigenvalue weighted by Crippen LogP contribution is 2.42. The Hall–Kier alpha value is -3.45. The van der Waals surface area contributed by atoms with Crippen molar-refractivity contribution in [2.45, 2.75) is 5.60 Å². The minimum absolute atomic E-state index is 0. The van der Waals surface area contributed by atoms with Gasteiger partial charge in [-0.3, -0.25) is 4.98 Å². The van der Waals surface area contributed by atoms with Gasteiger partial charge in [-0.1, -0.05) is 48.0 Å². The van der Waals surface area contributed by atoms with E-state index in [9.17, 15) is 5.11 Å². The van der Waals surface area contributed by atoms with E-state index in [1.165, 1.54) is 0 Å². The fourth-order valence-electron chi connectivity index (χ4n) is 4.38. The molecule has 5 aromatic rings. The first kappa shape index (κ1) is 24.7. The van der Waals surface area contributed by atoms with Crippen LogP contribution >= 0.6 is 24.0 Å². The van der Waals surface area contributed by atoms with Crippen molar-refractivity contribution < 1.29 is 5.11 Å². The molecular formula is C27H25Cl2N5O. The molecule has 35 heavy (non-hydrogen) atoms. The number of hydrogen-bond acceptors (Lipinski definition) is 5. The summed E-state index contributed by atoms with van der Waals surface area (Å²) in [5.41, 5.74) is 3.10. The van der Waals surface area contributed by atoms with E-state index in [-0.39, 0.29) is 12.4 Å². The van der Waals surface area contributed by atoms with Gasteiger partial charge >= 0.3 is 0 Å². The molecule has 0 aliphatic carbocycles. The summed E-state index contributed by atoms with van der Waals surface area (Å²) in [7, 11) is 5.77. The van der Waals surface area contributed by atoms with Gasteiger partial charge in [0.05, 0.1) is 28.8 Å². The maximum absolute atomic E-state index is 12.2. The largest absolute Gasteiger partial charge is 0.374 e. The van der Waals surface area contributed by atoms with E-state index in [0.717, 1.165) is 27.8 Å². The van der Waals surface area contributed by atoms with E-state index in [0.29, 0.717) is 21.8 Å². The van der Waals surface area contributed by atoms with Crippen molar-refractivity contribution in [3.63, 3.8) is 0 Å². The number of rotatable bonds is 5. The maximum Gasteiger partial charge on any atom is 0.157 e. The second kappa shape index (κ2) is 9.66. The van der Waals surface area contributed by atoms with E-state index >= 15 is 0 Å². The van der Waals surface area contributed by atoms with E-state index < -0.39 is 5.60 Å². The summed E-state index contributed by atoms with van der Waals surface area (Å²) in [6, 6.07) is 19.3. The third-order valence-electron chi connectivity index (χ3n) is 6.09. The Kier molecular flexibility index (Phi) is 6.81. The standard InChI is InChI=1S/C27H24ClN5O.ClH/c1-32(2)26-24(18-7-5-4-6-8-18)25(28)21-15-20(9-10-22(21)31-26)27(34,19-11-13-29-14-12-19)23-16-30-17-33(23)3;/h4-17,34H,1-3H3;1H. The van der Waals surface area contributed by atoms with Crippen molar-refractivity contribution >= 4 is 40.7 Å². The minimum atomic E-state index is -1.46. The number of hydrogen-bond donors (Lipinski definition) is 1. The van der Waals surface area contributed by atoms with Gasteiger partial charge in [0.2, 0.25) is 0 Å². The lowest BCUT2D eigenvalue weighted by molar-refractivity contribution is 0.117. The Balaban J connectivity index is 0.00000289. The lowest BCUT2D eigenvalue weighted by Crippen LogP contribution is -2.31. The summed E-state index contributed by atoms with van der Waals surface area (Å²) in [6.45, 7) is 0. The smallest absolute Gasteiger partial charge is 0.157 e. The highest BCUT2D eigenvalue weighted by atomic mass is 35.5. The summed E-state index contributed by atoms with van der Waals surface area (Å²) >= 11 is 7.07. The van der Waals surface area contributed by atoms with Crippen LogP contribution in [0.5, 0.6) is 0 Å². The second-order valence-corrected chi connectivity index (χ2v) is 8.83. The zero-order valence-corrected chi connectivity index (χ0v) is 21.1. The molecule has 0 fully saturated rings. The van der Waals surface area contributed by atoms with Crippen LogP contribution in [0.1, 0.15) is 16.8 Å². The van der Waals surface area contributed by atoms with Crippen molar-refractivity contribution in [1.82, 2.24) is 19.5 Å². The van der Waals surface area contributed by atoms with Gasteiger partial charge in [0, 0.05) is 44.5 Å². The van der Waals surface area contributed by atoms with Crippen molar-refractivity contribution in [3.05, 3.63) is 107 Å². The van der Waals surface area contributed by atoms with Gasteiger partial charge < -0.3 is 14.6 Å². The molecule has 2 aromatic carbocycles. The molecule has 3 aromatic heterocycles. The molecule has 5 rings (SSSR count). The second-order valence-electron chi connectivity index (χ2n) is 8.45. The number of pyridine rings is 2. The van der Waals surface area contributed by atoms with Crippen molar-refractivity contribution in [2.75, 3.05) is 19.0 Å². The molecule has 0 spiro atoms. The van der Waals surface area contributed by atoms with Crippen molar-refractivity contribution in [1.29, 1.82) is 0 Å². The Morgan fingerprint density at radius 1 is 0.943 bits per heavy atom. The third-order valence-corrected chi connectivity index (χ3v) is 6.48. The molecule has 0 bridgehead atoms. The zero-order valence-electron chi connectivity index (χ0n) is 19.6. The first-order valence-corrected chi connectivity index (χ1v) is 11.2. The van der Waals surface area contributed by atoms with Crippen LogP contribution in [0.4, 0.5) is 5.82 Å². The fraction of sp³-hybridized carbons (Fsp3) is 0.148. The van der Waals surface area contributed by atoms with Gasteiger partial charge in [0.15, 0.2) is 5.60 Å². The number of aliphatic hydroxyl groups is 1. The van der Waals surface area contributed by atoms with Crippen LogP contribution in [-0.2, 0) is 12.6 Å². The molecular weight excluding hydrogens is 481 g/mol. The quantitative estimate of drug-likeness (QED) is 0.343. The molecule has 1 N–H and O–H groups in total. The number of halogens is 2. The number of aromatic nitrogens is 4. The molecule has 3 heterocycles. The molecule has 178 valence electrons. The molecule has 0 saturated carbocycles. The van der Waals surface area contributed by atoms with E-state index in [1.807, 2.05) is 91.3 Å². The predicted octanol–water partition coefficient (Wildman–Crippen LogP) is 5.46. The number of benzene rings is 2. The molecule has 0 radical (unpaired) electrons. The average Bonchev–Trinajstić information content (AvgIpc) is 3.30. The van der Waals surface area contributed by atoms with Crippen LogP contribution in [0, 0.1) is 0 Å². The molecule has 0 amide bonds. The fourth-order valence-corrected chi connectivity index (χ4v) is 4.73. The summed E-state index contributed by atoms with van der Waals surface area (Å²) in [6.07, 6.45) is 6.69. The number of fused-ring (bicyclic) bond motifs is 1. The molecule has 0 aliphatic heterocycles. The van der Waals surface area contributed by atoms with Gasteiger partial charge in [-0.2, -0.15) is 0 Å². The number of nitrogens with zero attached hydrogens (tertiary/aromatic N) is 5. The van der Waals surface area contributed by atoms with Crippen molar-refractivity contribution in [2.24, 2.45) is 7.05 Å². The third kappa shape index (κ3) is 4.14. The molecule has 1 unspecified atom stereocenters. The minimum Gasteiger partial charge on any atom is -0.374 e. The Morgan fingerprint density at radius 2 is 1.66 bits per heavy atom. The maximum atomic E-state index is 12.2. The highest BCUT2D eigenvalue weighted by molar-refractivity contribution is 6.38. The SMILES string of the molecule is CN(C)c1nc2ccc(C(O)(c3ccncc3)c3cncn3C)cc2c(Cl)c1-c1ccccc1.Cl. The van der Waals surface area contributed by atoms with Gasteiger partial charge in [-0.15, -0.1) is 12.4 Å². The summed E-state index contributed by atoms with van der Waals surface area (Å²) in [5, 5.41) is 13.6. The van der Waals surface area contributed by atoms with Gasteiger partial charge in [0.1, 0.15) is 5.82 Å². The summed E-state index contributed by atoms with van der Waals surface area (Å²) < 4.78 is 1.81. The first-order valence-electron chi connectivity index (χ1n) is 10.9. The number of aryl methyl sites for hydroxylation is 1. The van der Waals surface area contributed by atoms with E-state index in [2.05, 4.69) is 9.97 Å². The predicted molar refractivity (Wildman–Crippen MR) is 143 cm³/mol. The highest BCUT2D eigenvalue weighted by Gasteiger charge is 2.37. The first-order chi connectivity index (χ1) is 16.4. The lowest BCUT2D eigenvalue weighted by Gasteiger charge is -2.30. The molecule has 8 heteroatoms. The zero-order chi connectivity index (χ0) is 23.9. The number of anilines is 1.